The van der Waals surface area contributed by atoms with Crippen LogP contribution in [0.4, 0.5) is 0 Å². The fourth-order valence-electron chi connectivity index (χ4n) is 2.07. The molecule has 4 N–H and O–H groups in total. The van der Waals surface area contributed by atoms with Gasteiger partial charge in [-0.25, -0.2) is 4.79 Å². The highest BCUT2D eigenvalue weighted by Crippen LogP contribution is 2.16. The van der Waals surface area contributed by atoms with Gasteiger partial charge in [0.25, 0.3) is 0 Å². The summed E-state index contributed by atoms with van der Waals surface area (Å²) in [6.07, 6.45) is 1.24. The van der Waals surface area contributed by atoms with E-state index in [1.165, 1.54) is 0 Å². The minimum absolute atomic E-state index is 0.0169. The van der Waals surface area contributed by atoms with Crippen molar-refractivity contribution in [3.05, 3.63) is 46.1 Å². The Bertz CT molecular complexity index is 712. The Morgan fingerprint density at radius 3 is 2.46 bits per heavy atom. The van der Waals surface area contributed by atoms with E-state index in [1.807, 2.05) is 0 Å². The maximum absolute atomic E-state index is 12.4. The number of esters is 1. The minimum Gasteiger partial charge on any atom is -0.454 e. The van der Waals surface area contributed by atoms with Crippen molar-refractivity contribution in [2.75, 3.05) is 13.2 Å². The first kappa shape index (κ1) is 21.7. The number of hydrogen-bond acceptors (Lipinski definition) is 5. The molecule has 0 aliphatic carbocycles. The van der Waals surface area contributed by atoms with Crippen LogP contribution in [0.25, 0.3) is 0 Å². The molecule has 1 rings (SSSR count). The lowest BCUT2D eigenvalue weighted by atomic mass is 10.1. The second-order valence-corrected chi connectivity index (χ2v) is 6.59. The number of ether oxygens (including phenoxy) is 1. The van der Waals surface area contributed by atoms with Crippen molar-refractivity contribution in [2.45, 2.75) is 33.6 Å². The number of carbonyl (C=O) groups excluding carboxylic acids is 2. The highest BCUT2D eigenvalue weighted by molar-refractivity contribution is 6.34. The third-order valence-corrected chi connectivity index (χ3v) is 3.99. The highest BCUT2D eigenvalue weighted by atomic mass is 35.5. The molecule has 142 valence electrons. The van der Waals surface area contributed by atoms with Crippen LogP contribution >= 0.6 is 11.6 Å². The SMILES string of the molecule is CC/C(N)=C(\C(=O)OCC(=O)c1ccccc1Cl)C(N)=NCCC(C)C. The average molecular weight is 380 g/mol. The van der Waals surface area contributed by atoms with Gasteiger partial charge in [-0.3, -0.25) is 9.79 Å². The quantitative estimate of drug-likeness (QED) is 0.225. The summed E-state index contributed by atoms with van der Waals surface area (Å²) >= 11 is 5.97. The molecule has 26 heavy (non-hydrogen) atoms. The van der Waals surface area contributed by atoms with Gasteiger partial charge in [-0.2, -0.15) is 0 Å². The second-order valence-electron chi connectivity index (χ2n) is 6.18. The number of hydrogen-bond donors (Lipinski definition) is 2. The maximum atomic E-state index is 12.4. The van der Waals surface area contributed by atoms with E-state index in [0.29, 0.717) is 23.9 Å². The van der Waals surface area contributed by atoms with Crippen LogP contribution in [0.15, 0.2) is 40.5 Å². The van der Waals surface area contributed by atoms with E-state index in [0.717, 1.165) is 6.42 Å². The summed E-state index contributed by atoms with van der Waals surface area (Å²) in [6, 6.07) is 6.55. The van der Waals surface area contributed by atoms with Gasteiger partial charge in [-0.1, -0.05) is 44.5 Å². The van der Waals surface area contributed by atoms with Crippen LogP contribution in [-0.2, 0) is 9.53 Å². The van der Waals surface area contributed by atoms with E-state index in [4.69, 9.17) is 27.8 Å². The summed E-state index contributed by atoms with van der Waals surface area (Å²) in [6.45, 7) is 5.95. The van der Waals surface area contributed by atoms with Gasteiger partial charge in [-0.05, 0) is 30.9 Å². The van der Waals surface area contributed by atoms with Crippen LogP contribution in [-0.4, -0.2) is 30.7 Å². The molecule has 0 aromatic heterocycles. The molecule has 0 unspecified atom stereocenters. The Labute approximate surface area is 159 Å². The summed E-state index contributed by atoms with van der Waals surface area (Å²) in [7, 11) is 0. The molecule has 0 spiro atoms. The number of halogens is 1. The Morgan fingerprint density at radius 1 is 1.23 bits per heavy atom. The number of rotatable bonds is 9. The van der Waals surface area contributed by atoms with Gasteiger partial charge in [0.2, 0.25) is 5.78 Å². The molecule has 0 fully saturated rings. The van der Waals surface area contributed by atoms with Gasteiger partial charge in [-0.15, -0.1) is 0 Å². The van der Waals surface area contributed by atoms with Crippen molar-refractivity contribution in [1.29, 1.82) is 0 Å². The van der Waals surface area contributed by atoms with Gasteiger partial charge < -0.3 is 16.2 Å². The van der Waals surface area contributed by atoms with E-state index >= 15 is 0 Å². The average Bonchev–Trinajstić information content (AvgIpc) is 2.59. The molecule has 6 nitrogen and oxygen atoms in total. The Morgan fingerprint density at radius 2 is 1.88 bits per heavy atom. The molecule has 0 atom stereocenters. The monoisotopic (exact) mass is 379 g/mol. The number of nitrogens with zero attached hydrogens (tertiary/aromatic N) is 1. The molecule has 0 bridgehead atoms. The Hall–Kier alpha value is -2.34. The molecule has 1 aromatic carbocycles. The molecule has 0 radical (unpaired) electrons. The lowest BCUT2D eigenvalue weighted by Crippen LogP contribution is -2.28. The lowest BCUT2D eigenvalue weighted by molar-refractivity contribution is -0.137. The zero-order chi connectivity index (χ0) is 19.7. The molecule has 0 aliphatic rings. The fourth-order valence-corrected chi connectivity index (χ4v) is 2.31. The second kappa shape index (κ2) is 10.6. The first-order chi connectivity index (χ1) is 12.3. The molecule has 0 heterocycles. The minimum atomic E-state index is -0.768. The summed E-state index contributed by atoms with van der Waals surface area (Å²) in [4.78, 5) is 28.8. The number of benzene rings is 1. The van der Waals surface area contributed by atoms with Crippen LogP contribution in [0.3, 0.4) is 0 Å². The zero-order valence-electron chi connectivity index (χ0n) is 15.4. The summed E-state index contributed by atoms with van der Waals surface area (Å²) in [5, 5.41) is 0.298. The molecule has 0 aliphatic heterocycles. The van der Waals surface area contributed by atoms with E-state index in [1.54, 1.807) is 31.2 Å². The van der Waals surface area contributed by atoms with Crippen LogP contribution in [0.2, 0.25) is 5.02 Å². The summed E-state index contributed by atoms with van der Waals surface area (Å²) < 4.78 is 5.10. The topological polar surface area (TPSA) is 108 Å². The first-order valence-electron chi connectivity index (χ1n) is 8.51. The van der Waals surface area contributed by atoms with Crippen molar-refractivity contribution in [1.82, 2.24) is 0 Å². The fraction of sp³-hybridized carbons (Fsp3) is 0.421. The number of Topliss-reactive ketones (excluding diaryl/α,β-unsaturated/α-hetero) is 1. The van der Waals surface area contributed by atoms with Gasteiger partial charge in [0.1, 0.15) is 11.4 Å². The third-order valence-electron chi connectivity index (χ3n) is 3.66. The van der Waals surface area contributed by atoms with E-state index in [9.17, 15) is 9.59 Å². The van der Waals surface area contributed by atoms with Crippen LogP contribution in [0.1, 0.15) is 44.0 Å². The van der Waals surface area contributed by atoms with Crippen LogP contribution in [0, 0.1) is 5.92 Å². The molecule has 1 aromatic rings. The number of aliphatic imine (C=N–C) groups is 1. The predicted octanol–water partition coefficient (Wildman–Crippen LogP) is 3.09. The predicted molar refractivity (Wildman–Crippen MR) is 104 cm³/mol. The number of ketones is 1. The van der Waals surface area contributed by atoms with Crippen molar-refractivity contribution < 1.29 is 14.3 Å². The molecular weight excluding hydrogens is 354 g/mol. The molecule has 7 heteroatoms. The maximum Gasteiger partial charge on any atom is 0.344 e. The van der Waals surface area contributed by atoms with Crippen molar-refractivity contribution >= 4 is 29.2 Å². The van der Waals surface area contributed by atoms with Gasteiger partial charge >= 0.3 is 5.97 Å². The number of allylic oxidation sites excluding steroid dienone is 1. The first-order valence-corrected chi connectivity index (χ1v) is 8.89. The molecule has 0 saturated carbocycles. The standard InChI is InChI=1S/C19H26ClN3O3/c1-4-15(21)17(18(22)23-10-9-12(2)3)19(25)26-11-16(24)13-7-5-6-8-14(13)20/h5-8,12H,4,9-11,21H2,1-3H3,(H2,22,23)/b17-15+. The van der Waals surface area contributed by atoms with Crippen molar-refractivity contribution in [2.24, 2.45) is 22.4 Å². The van der Waals surface area contributed by atoms with Crippen LogP contribution in [0.5, 0.6) is 0 Å². The lowest BCUT2D eigenvalue weighted by Gasteiger charge is -2.11. The van der Waals surface area contributed by atoms with Gasteiger partial charge in [0.15, 0.2) is 6.61 Å². The van der Waals surface area contributed by atoms with Gasteiger partial charge in [0.05, 0.1) is 5.02 Å². The Balaban J connectivity index is 2.85. The normalized spacial score (nSPS) is 12.7. The van der Waals surface area contributed by atoms with E-state index < -0.39 is 18.4 Å². The van der Waals surface area contributed by atoms with Crippen LogP contribution < -0.4 is 11.5 Å². The molecule has 0 saturated heterocycles. The number of carbonyl (C=O) groups is 2. The summed E-state index contributed by atoms with van der Waals surface area (Å²) in [5.74, 6) is -0.688. The third kappa shape index (κ3) is 6.52. The van der Waals surface area contributed by atoms with Crippen molar-refractivity contribution in [3.8, 4) is 0 Å². The highest BCUT2D eigenvalue weighted by Gasteiger charge is 2.21. The number of nitrogens with two attached hydrogens (primary N) is 2. The van der Waals surface area contributed by atoms with Gasteiger partial charge in [0, 0.05) is 17.8 Å². The largest absolute Gasteiger partial charge is 0.454 e. The van der Waals surface area contributed by atoms with E-state index in [-0.39, 0.29) is 22.7 Å². The smallest absolute Gasteiger partial charge is 0.344 e. The zero-order valence-corrected chi connectivity index (χ0v) is 16.2. The molecular formula is C19H26ClN3O3. The number of amidine groups is 1. The van der Waals surface area contributed by atoms with E-state index in [2.05, 4.69) is 18.8 Å². The van der Waals surface area contributed by atoms with Crippen molar-refractivity contribution in [3.63, 3.8) is 0 Å². The Kier molecular flexibility index (Phi) is 8.85. The summed E-state index contributed by atoms with van der Waals surface area (Å²) in [5.41, 5.74) is 12.4. The molecule has 0 amide bonds.